The second-order valence-corrected chi connectivity index (χ2v) is 10.9. The third kappa shape index (κ3) is 22.4. The van der Waals surface area contributed by atoms with E-state index in [1.54, 1.807) is 6.04 Å². The van der Waals surface area contributed by atoms with Gasteiger partial charge in [-0.3, -0.25) is 4.70 Å². The third-order valence-electron chi connectivity index (χ3n) is 4.64. The van der Waals surface area contributed by atoms with Crippen LogP contribution in [0.5, 0.6) is 0 Å². The Morgan fingerprint density at radius 2 is 0.727 bits per heavy atom. The smallest absolute Gasteiger partial charge is 0.0305 e. The van der Waals surface area contributed by atoms with Crippen molar-refractivity contribution in [3.63, 3.8) is 0 Å². The van der Waals surface area contributed by atoms with Crippen molar-refractivity contribution in [1.29, 1.82) is 0 Å². The molecule has 0 unspecified atom stereocenters. The van der Waals surface area contributed by atoms with Gasteiger partial charge in [-0.25, -0.2) is 0 Å². The Bertz CT molecular complexity index is 183. The molecule has 0 aliphatic rings. The van der Waals surface area contributed by atoms with Crippen LogP contribution in [0.15, 0.2) is 0 Å². The van der Waals surface area contributed by atoms with E-state index >= 15 is 0 Å². The van der Waals surface area contributed by atoms with Crippen molar-refractivity contribution < 1.29 is 4.70 Å². The normalized spacial score (nSPS) is 10.9. The topological polar surface area (TPSA) is 0 Å². The maximum Gasteiger partial charge on any atom is 0.0305 e. The Morgan fingerprint density at radius 3 is 1.00 bits per heavy atom. The molecule has 136 valence electrons. The van der Waals surface area contributed by atoms with Gasteiger partial charge in [0.1, 0.15) is 0 Å². The van der Waals surface area contributed by atoms with Gasteiger partial charge in [-0.05, 0) is 0 Å². The molecule has 0 rings (SSSR count). The molecule has 0 aromatic carbocycles. The molecule has 0 saturated carbocycles. The maximum atomic E-state index is 2.48. The fourth-order valence-corrected chi connectivity index (χ4v) is 4.21. The summed E-state index contributed by atoms with van der Waals surface area (Å²) in [6, 6.07) is 1.57. The lowest BCUT2D eigenvalue weighted by atomic mass is 10.0. The molecule has 0 fully saturated rings. The molecule has 0 aliphatic carbocycles. The molecule has 0 aromatic rings. The number of hydrogen-bond acceptors (Lipinski definition) is 0. The Kier molecular flexibility index (Phi) is 23.5. The molecule has 0 aliphatic heterocycles. The third-order valence-corrected chi connectivity index (χ3v) is 6.20. The SMILES string of the molecule is CCCCCCCCCCCCCCCCCC[SiH](C)C.F. The second kappa shape index (κ2) is 21.1. The fraction of sp³-hybridized carbons (Fsp3) is 1.00. The Labute approximate surface area is 142 Å². The van der Waals surface area contributed by atoms with Gasteiger partial charge >= 0.3 is 0 Å². The number of hydrogen-bond donors (Lipinski definition) is 0. The van der Waals surface area contributed by atoms with Gasteiger partial charge in [0.25, 0.3) is 0 Å². The zero-order chi connectivity index (χ0) is 15.6. The van der Waals surface area contributed by atoms with E-state index in [2.05, 4.69) is 20.0 Å². The summed E-state index contributed by atoms with van der Waals surface area (Å²) >= 11 is 0. The number of halogens is 1. The first-order valence-electron chi connectivity index (χ1n) is 10.3. The first-order chi connectivity index (χ1) is 10.3. The van der Waals surface area contributed by atoms with Gasteiger partial charge in [0.15, 0.2) is 0 Å². The van der Waals surface area contributed by atoms with E-state index in [0.29, 0.717) is 0 Å². The highest BCUT2D eigenvalue weighted by molar-refractivity contribution is 6.55. The molecule has 0 bridgehead atoms. The lowest BCUT2D eigenvalue weighted by Crippen LogP contribution is -1.97. The van der Waals surface area contributed by atoms with Gasteiger partial charge in [-0.2, -0.15) is 0 Å². The van der Waals surface area contributed by atoms with E-state index in [4.69, 9.17) is 0 Å². The molecule has 0 atom stereocenters. The maximum absolute atomic E-state index is 2.48. The van der Waals surface area contributed by atoms with Crippen LogP contribution in [-0.4, -0.2) is 8.80 Å². The standard InChI is InChI=1S/C20H44Si.FH/c1-4-5-6-7-8-9-10-11-12-13-14-15-16-17-18-19-20-21(2)3;/h21H,4-20H2,1-3H3;1H. The molecule has 0 radical (unpaired) electrons. The van der Waals surface area contributed by atoms with E-state index in [0.717, 1.165) is 0 Å². The molecular weight excluding hydrogens is 287 g/mol. The van der Waals surface area contributed by atoms with E-state index < -0.39 is 0 Å². The van der Waals surface area contributed by atoms with Gasteiger partial charge < -0.3 is 0 Å². The van der Waals surface area contributed by atoms with Crippen LogP contribution < -0.4 is 0 Å². The van der Waals surface area contributed by atoms with E-state index in [1.165, 1.54) is 103 Å². The largest absolute Gasteiger partial charge is 0.269 e. The summed E-state index contributed by atoms with van der Waals surface area (Å²) in [6.45, 7) is 7.25. The van der Waals surface area contributed by atoms with Crippen LogP contribution in [0.25, 0.3) is 0 Å². The first kappa shape index (κ1) is 24.4. The summed E-state index contributed by atoms with van der Waals surface area (Å²) < 4.78 is 0. The molecule has 0 nitrogen and oxygen atoms in total. The number of unbranched alkanes of at least 4 members (excludes halogenated alkanes) is 15. The van der Waals surface area contributed by atoms with Crippen LogP contribution >= 0.6 is 0 Å². The van der Waals surface area contributed by atoms with Crippen molar-refractivity contribution in [3.05, 3.63) is 0 Å². The molecule has 0 aromatic heterocycles. The molecule has 0 amide bonds. The van der Waals surface area contributed by atoms with Crippen molar-refractivity contribution >= 4 is 8.80 Å². The van der Waals surface area contributed by atoms with Gasteiger partial charge in [-0.15, -0.1) is 0 Å². The predicted octanol–water partition coefficient (Wildman–Crippen LogP) is 7.89. The highest BCUT2D eigenvalue weighted by atomic mass is 28.3. The molecule has 0 spiro atoms. The van der Waals surface area contributed by atoms with Gasteiger partial charge in [-0.1, -0.05) is 129 Å². The van der Waals surface area contributed by atoms with E-state index in [-0.39, 0.29) is 13.5 Å². The summed E-state index contributed by atoms with van der Waals surface area (Å²) in [5, 5.41) is 0. The minimum absolute atomic E-state index is 0. The number of rotatable bonds is 17. The van der Waals surface area contributed by atoms with E-state index in [9.17, 15) is 0 Å². The molecule has 0 saturated heterocycles. The van der Waals surface area contributed by atoms with Crippen LogP contribution in [0.1, 0.15) is 110 Å². The zero-order valence-electron chi connectivity index (χ0n) is 16.0. The summed E-state index contributed by atoms with van der Waals surface area (Å²) in [5.41, 5.74) is 0. The highest BCUT2D eigenvalue weighted by Gasteiger charge is 1.96. The summed E-state index contributed by atoms with van der Waals surface area (Å²) in [5.74, 6) is 0. The minimum atomic E-state index is -0.263. The van der Waals surface area contributed by atoms with E-state index in [1.807, 2.05) is 0 Å². The average molecular weight is 333 g/mol. The fourth-order valence-electron chi connectivity index (χ4n) is 3.10. The Balaban J connectivity index is 0. The molecule has 2 heteroatoms. The van der Waals surface area contributed by atoms with Crippen LogP contribution in [-0.2, 0) is 0 Å². The lowest BCUT2D eigenvalue weighted by molar-refractivity contribution is 0.531. The quantitative estimate of drug-likeness (QED) is 0.188. The van der Waals surface area contributed by atoms with Crippen LogP contribution in [0.3, 0.4) is 0 Å². The molecule has 0 heterocycles. The van der Waals surface area contributed by atoms with Crippen LogP contribution in [0.4, 0.5) is 4.70 Å². The summed E-state index contributed by atoms with van der Waals surface area (Å²) in [4.78, 5) is 0. The molecule has 0 N–H and O–H groups in total. The zero-order valence-corrected chi connectivity index (χ0v) is 17.2. The molecule has 22 heavy (non-hydrogen) atoms. The van der Waals surface area contributed by atoms with Crippen molar-refractivity contribution in [3.8, 4) is 0 Å². The first-order valence-corrected chi connectivity index (χ1v) is 13.4. The Morgan fingerprint density at radius 1 is 0.455 bits per heavy atom. The van der Waals surface area contributed by atoms with Crippen molar-refractivity contribution in [2.75, 3.05) is 0 Å². The minimum Gasteiger partial charge on any atom is -0.269 e. The highest BCUT2D eigenvalue weighted by Crippen LogP contribution is 2.14. The van der Waals surface area contributed by atoms with Gasteiger partial charge in [0.05, 0.1) is 0 Å². The van der Waals surface area contributed by atoms with Crippen LogP contribution in [0, 0.1) is 0 Å². The predicted molar refractivity (Wildman–Crippen MR) is 106 cm³/mol. The molecular formula is C20H45FSi. The summed E-state index contributed by atoms with van der Waals surface area (Å²) in [6.07, 6.45) is 23.7. The van der Waals surface area contributed by atoms with Crippen molar-refractivity contribution in [2.24, 2.45) is 0 Å². The van der Waals surface area contributed by atoms with Gasteiger partial charge in [0, 0.05) is 8.80 Å². The lowest BCUT2D eigenvalue weighted by Gasteiger charge is -2.04. The van der Waals surface area contributed by atoms with Gasteiger partial charge in [0.2, 0.25) is 0 Å². The Hall–Kier alpha value is 0.147. The van der Waals surface area contributed by atoms with Crippen molar-refractivity contribution in [1.82, 2.24) is 0 Å². The van der Waals surface area contributed by atoms with Crippen LogP contribution in [0.2, 0.25) is 19.1 Å². The van der Waals surface area contributed by atoms with Crippen molar-refractivity contribution in [2.45, 2.75) is 129 Å². The average Bonchev–Trinajstić information content (AvgIpc) is 2.46. The summed E-state index contributed by atoms with van der Waals surface area (Å²) in [7, 11) is -0.263. The second-order valence-electron chi connectivity index (χ2n) is 7.49. The monoisotopic (exact) mass is 332 g/mol.